The first kappa shape index (κ1) is 12.5. The largest absolute Gasteiger partial charge is 0.475 e. The average molecular weight is 269 g/mol. The molecule has 0 radical (unpaired) electrons. The van der Waals surface area contributed by atoms with Gasteiger partial charge in [-0.2, -0.15) is 0 Å². The Balaban J connectivity index is 2.00. The number of aryl methyl sites for hydroxylation is 2. The number of benzene rings is 1. The molecule has 0 unspecified atom stereocenters. The standard InChI is InChI=1S/C16H15NO3/c1-10-7-11(2)15-12(8-10)5-6-17(15)9-13-3-4-14(20-13)16(18)19/h3-8H,9H2,1-2H3,(H,18,19). The smallest absolute Gasteiger partial charge is 0.371 e. The van der Waals surface area contributed by atoms with Crippen LogP contribution in [0.1, 0.15) is 27.4 Å². The van der Waals surface area contributed by atoms with E-state index in [2.05, 4.69) is 36.6 Å². The predicted octanol–water partition coefficient (Wildman–Crippen LogP) is 3.60. The Hall–Kier alpha value is -2.49. The molecule has 0 aliphatic heterocycles. The predicted molar refractivity (Wildman–Crippen MR) is 76.2 cm³/mol. The zero-order chi connectivity index (χ0) is 14.3. The van der Waals surface area contributed by atoms with E-state index in [1.807, 2.05) is 6.20 Å². The Labute approximate surface area is 116 Å². The van der Waals surface area contributed by atoms with Gasteiger partial charge in [-0.25, -0.2) is 4.79 Å². The van der Waals surface area contributed by atoms with Gasteiger partial charge >= 0.3 is 5.97 Å². The Morgan fingerprint density at radius 3 is 2.75 bits per heavy atom. The van der Waals surface area contributed by atoms with Crippen molar-refractivity contribution in [3.63, 3.8) is 0 Å². The summed E-state index contributed by atoms with van der Waals surface area (Å²) in [5, 5.41) is 10.1. The fraction of sp³-hybridized carbons (Fsp3) is 0.188. The molecule has 3 aromatic rings. The highest BCUT2D eigenvalue weighted by atomic mass is 16.4. The first-order valence-corrected chi connectivity index (χ1v) is 6.42. The third-order valence-corrected chi connectivity index (χ3v) is 3.39. The maximum Gasteiger partial charge on any atom is 0.371 e. The number of carbonyl (C=O) groups is 1. The molecule has 4 heteroatoms. The number of carboxylic acids is 1. The molecule has 102 valence electrons. The summed E-state index contributed by atoms with van der Waals surface area (Å²) >= 11 is 0. The molecule has 0 saturated carbocycles. The molecular weight excluding hydrogens is 254 g/mol. The number of carboxylic acid groups (broad SMARTS) is 1. The average Bonchev–Trinajstić information content (AvgIpc) is 2.97. The van der Waals surface area contributed by atoms with E-state index < -0.39 is 5.97 Å². The number of hydrogen-bond donors (Lipinski definition) is 1. The van der Waals surface area contributed by atoms with Gasteiger partial charge in [0.1, 0.15) is 5.76 Å². The maximum absolute atomic E-state index is 10.8. The summed E-state index contributed by atoms with van der Waals surface area (Å²) in [6, 6.07) is 9.54. The number of furan rings is 1. The molecule has 0 spiro atoms. The molecule has 0 aliphatic rings. The molecule has 3 rings (SSSR count). The zero-order valence-electron chi connectivity index (χ0n) is 11.4. The van der Waals surface area contributed by atoms with Crippen molar-refractivity contribution in [2.45, 2.75) is 20.4 Å². The van der Waals surface area contributed by atoms with Crippen LogP contribution in [0.15, 0.2) is 40.9 Å². The second-order valence-electron chi connectivity index (χ2n) is 5.03. The van der Waals surface area contributed by atoms with Crippen molar-refractivity contribution in [2.75, 3.05) is 0 Å². The minimum absolute atomic E-state index is 0.0240. The molecule has 1 N–H and O–H groups in total. The number of aromatic nitrogens is 1. The molecule has 2 aromatic heterocycles. The number of nitrogens with zero attached hydrogens (tertiary/aromatic N) is 1. The van der Waals surface area contributed by atoms with Crippen LogP contribution in [0.3, 0.4) is 0 Å². The lowest BCUT2D eigenvalue weighted by Crippen LogP contribution is -1.98. The van der Waals surface area contributed by atoms with E-state index in [1.165, 1.54) is 22.6 Å². The van der Waals surface area contributed by atoms with E-state index in [1.54, 1.807) is 6.07 Å². The first-order valence-electron chi connectivity index (χ1n) is 6.42. The topological polar surface area (TPSA) is 55.4 Å². The van der Waals surface area contributed by atoms with Gasteiger partial charge in [0.05, 0.1) is 12.1 Å². The summed E-state index contributed by atoms with van der Waals surface area (Å²) in [6.45, 7) is 4.69. The summed E-state index contributed by atoms with van der Waals surface area (Å²) < 4.78 is 7.39. The Bertz CT molecular complexity index is 795. The fourth-order valence-corrected chi connectivity index (χ4v) is 2.63. The molecule has 0 fully saturated rings. The molecule has 0 aliphatic carbocycles. The highest BCUT2D eigenvalue weighted by molar-refractivity contribution is 5.85. The van der Waals surface area contributed by atoms with Crippen molar-refractivity contribution in [1.29, 1.82) is 0 Å². The van der Waals surface area contributed by atoms with Gasteiger partial charge in [0.15, 0.2) is 0 Å². The van der Waals surface area contributed by atoms with Gasteiger partial charge in [0.25, 0.3) is 0 Å². The minimum Gasteiger partial charge on any atom is -0.475 e. The Morgan fingerprint density at radius 2 is 2.05 bits per heavy atom. The molecule has 2 heterocycles. The van der Waals surface area contributed by atoms with E-state index in [0.29, 0.717) is 12.3 Å². The quantitative estimate of drug-likeness (QED) is 0.790. The highest BCUT2D eigenvalue weighted by Crippen LogP contribution is 2.23. The number of rotatable bonds is 3. The Morgan fingerprint density at radius 1 is 1.25 bits per heavy atom. The minimum atomic E-state index is -1.04. The summed E-state index contributed by atoms with van der Waals surface area (Å²) in [7, 11) is 0. The lowest BCUT2D eigenvalue weighted by molar-refractivity contribution is 0.0660. The van der Waals surface area contributed by atoms with Gasteiger partial charge in [-0.3, -0.25) is 0 Å². The van der Waals surface area contributed by atoms with E-state index in [4.69, 9.17) is 9.52 Å². The molecule has 0 amide bonds. The van der Waals surface area contributed by atoms with Crippen molar-refractivity contribution in [2.24, 2.45) is 0 Å². The summed E-state index contributed by atoms with van der Waals surface area (Å²) in [4.78, 5) is 10.8. The number of hydrogen-bond acceptors (Lipinski definition) is 2. The van der Waals surface area contributed by atoms with E-state index in [9.17, 15) is 4.79 Å². The summed E-state index contributed by atoms with van der Waals surface area (Å²) in [5.74, 6) is -0.427. The van der Waals surface area contributed by atoms with Crippen LogP contribution in [0.5, 0.6) is 0 Å². The van der Waals surface area contributed by atoms with Crippen LogP contribution < -0.4 is 0 Å². The normalized spacial score (nSPS) is 11.1. The van der Waals surface area contributed by atoms with Gasteiger partial charge in [-0.15, -0.1) is 0 Å². The molecule has 0 atom stereocenters. The van der Waals surface area contributed by atoms with Crippen LogP contribution >= 0.6 is 0 Å². The first-order chi connectivity index (χ1) is 9.54. The highest BCUT2D eigenvalue weighted by Gasteiger charge is 2.11. The van der Waals surface area contributed by atoms with E-state index in [0.717, 1.165) is 5.52 Å². The maximum atomic E-state index is 10.8. The molecule has 20 heavy (non-hydrogen) atoms. The lowest BCUT2D eigenvalue weighted by atomic mass is 10.1. The van der Waals surface area contributed by atoms with Gasteiger partial charge in [-0.1, -0.05) is 11.6 Å². The van der Waals surface area contributed by atoms with Crippen LogP contribution in [0.25, 0.3) is 10.9 Å². The monoisotopic (exact) mass is 269 g/mol. The zero-order valence-corrected chi connectivity index (χ0v) is 11.4. The molecule has 0 bridgehead atoms. The van der Waals surface area contributed by atoms with Crippen LogP contribution in [-0.2, 0) is 6.54 Å². The van der Waals surface area contributed by atoms with Crippen molar-refractivity contribution in [3.05, 3.63) is 59.2 Å². The molecule has 4 nitrogen and oxygen atoms in total. The van der Waals surface area contributed by atoms with Gasteiger partial charge in [0.2, 0.25) is 5.76 Å². The van der Waals surface area contributed by atoms with Gasteiger partial charge < -0.3 is 14.1 Å². The summed E-state index contributed by atoms with van der Waals surface area (Å²) in [5.41, 5.74) is 3.60. The van der Waals surface area contributed by atoms with E-state index >= 15 is 0 Å². The van der Waals surface area contributed by atoms with Crippen LogP contribution in [-0.4, -0.2) is 15.6 Å². The second-order valence-corrected chi connectivity index (χ2v) is 5.03. The van der Waals surface area contributed by atoms with Crippen molar-refractivity contribution >= 4 is 16.9 Å². The third-order valence-electron chi connectivity index (χ3n) is 3.39. The van der Waals surface area contributed by atoms with Crippen molar-refractivity contribution < 1.29 is 14.3 Å². The van der Waals surface area contributed by atoms with Crippen LogP contribution in [0.2, 0.25) is 0 Å². The number of aromatic carboxylic acids is 1. The van der Waals surface area contributed by atoms with Crippen LogP contribution in [0, 0.1) is 13.8 Å². The van der Waals surface area contributed by atoms with Gasteiger partial charge in [0, 0.05) is 11.6 Å². The molecular formula is C16H15NO3. The molecule has 1 aromatic carbocycles. The molecule has 0 saturated heterocycles. The Kier molecular flexibility index (Phi) is 2.86. The lowest BCUT2D eigenvalue weighted by Gasteiger charge is -2.06. The van der Waals surface area contributed by atoms with Gasteiger partial charge in [-0.05, 0) is 43.7 Å². The van der Waals surface area contributed by atoms with Crippen LogP contribution in [0.4, 0.5) is 0 Å². The van der Waals surface area contributed by atoms with Crippen molar-refractivity contribution in [3.8, 4) is 0 Å². The van der Waals surface area contributed by atoms with E-state index in [-0.39, 0.29) is 5.76 Å². The third kappa shape index (κ3) is 2.09. The number of fused-ring (bicyclic) bond motifs is 1. The second kappa shape index (κ2) is 4.56. The fourth-order valence-electron chi connectivity index (χ4n) is 2.63. The van der Waals surface area contributed by atoms with Crippen molar-refractivity contribution in [1.82, 2.24) is 4.57 Å². The summed E-state index contributed by atoms with van der Waals surface area (Å²) in [6.07, 6.45) is 2.00. The SMILES string of the molecule is Cc1cc(C)c2c(ccn2Cc2ccc(C(=O)O)o2)c1.